The first-order valence-electron chi connectivity index (χ1n) is 19.4. The summed E-state index contributed by atoms with van der Waals surface area (Å²) in [6.07, 6.45) is 0. The molecule has 0 saturated heterocycles. The van der Waals surface area contributed by atoms with Crippen molar-refractivity contribution in [3.8, 4) is 51.0 Å². The summed E-state index contributed by atoms with van der Waals surface area (Å²) in [6, 6.07) is 60.0. The Morgan fingerprint density at radius 3 is 2.07 bits per heavy atom. The summed E-state index contributed by atoms with van der Waals surface area (Å²) in [7, 11) is 0. The molecule has 3 heterocycles. The molecule has 0 amide bonds. The lowest BCUT2D eigenvalue weighted by atomic mass is 9.82. The van der Waals surface area contributed by atoms with E-state index in [1.807, 2.05) is 42.5 Å². The van der Waals surface area contributed by atoms with Gasteiger partial charge in [0.2, 0.25) is 0 Å². The van der Waals surface area contributed by atoms with Gasteiger partial charge in [0.25, 0.3) is 0 Å². The van der Waals surface area contributed by atoms with Gasteiger partial charge in [0.15, 0.2) is 17.5 Å². The summed E-state index contributed by atoms with van der Waals surface area (Å²) >= 11 is 0. The van der Waals surface area contributed by atoms with E-state index in [0.717, 1.165) is 49.7 Å². The second-order valence-electron chi connectivity index (χ2n) is 15.6. The molecule has 0 radical (unpaired) electrons. The molecule has 57 heavy (non-hydrogen) atoms. The highest BCUT2D eigenvalue weighted by Crippen LogP contribution is 2.51. The standard InChI is InChI=1S/C52H34N4O/c1-52(2)42-20-10-8-17-36(42)40-29-41-37-18-9-11-21-44(37)56(45(41)30-43(40)52)35-25-26-38-47(28-35)57-46-22-12-19-39(48(38)46)51-54-49(32-14-4-3-5-15-32)53-50(55-51)34-24-23-31-13-6-7-16-33(31)27-34/h3-30H,1-2H3. The Hall–Kier alpha value is -7.37. The van der Waals surface area contributed by atoms with Crippen molar-refractivity contribution < 1.29 is 4.42 Å². The van der Waals surface area contributed by atoms with Gasteiger partial charge in [0, 0.05) is 55.4 Å². The average molecular weight is 731 g/mol. The van der Waals surface area contributed by atoms with Crippen LogP contribution in [0.1, 0.15) is 25.0 Å². The Balaban J connectivity index is 1.05. The molecule has 0 aliphatic heterocycles. The van der Waals surface area contributed by atoms with Gasteiger partial charge in [-0.15, -0.1) is 0 Å². The third-order valence-corrected chi connectivity index (χ3v) is 12.0. The quantitative estimate of drug-likeness (QED) is 0.181. The Bertz CT molecular complexity index is 3450. The van der Waals surface area contributed by atoms with Gasteiger partial charge in [-0.2, -0.15) is 0 Å². The fourth-order valence-corrected chi connectivity index (χ4v) is 9.25. The van der Waals surface area contributed by atoms with E-state index in [1.165, 1.54) is 49.4 Å². The van der Waals surface area contributed by atoms with Gasteiger partial charge >= 0.3 is 0 Å². The van der Waals surface area contributed by atoms with Crippen LogP contribution in [0.25, 0.3) is 105 Å². The van der Waals surface area contributed by atoms with E-state index in [0.29, 0.717) is 17.5 Å². The Morgan fingerprint density at radius 1 is 0.439 bits per heavy atom. The second-order valence-corrected chi connectivity index (χ2v) is 15.6. The number of hydrogen-bond donors (Lipinski definition) is 0. The van der Waals surface area contributed by atoms with Crippen molar-refractivity contribution >= 4 is 54.5 Å². The molecule has 8 aromatic carbocycles. The lowest BCUT2D eigenvalue weighted by Gasteiger charge is -2.21. The molecule has 0 atom stereocenters. The van der Waals surface area contributed by atoms with Crippen molar-refractivity contribution in [3.63, 3.8) is 0 Å². The maximum absolute atomic E-state index is 6.72. The van der Waals surface area contributed by atoms with E-state index in [1.54, 1.807) is 0 Å². The third-order valence-electron chi connectivity index (χ3n) is 12.0. The highest BCUT2D eigenvalue weighted by atomic mass is 16.3. The Labute approximate surface area is 328 Å². The van der Waals surface area contributed by atoms with Crippen molar-refractivity contribution in [2.75, 3.05) is 0 Å². The summed E-state index contributed by atoms with van der Waals surface area (Å²) in [5, 5.41) is 6.78. The van der Waals surface area contributed by atoms with E-state index < -0.39 is 0 Å². The predicted molar refractivity (Wildman–Crippen MR) is 233 cm³/mol. The molecule has 0 unspecified atom stereocenters. The zero-order chi connectivity index (χ0) is 37.8. The molecule has 11 aromatic rings. The molecule has 268 valence electrons. The van der Waals surface area contributed by atoms with Crippen LogP contribution in [0.3, 0.4) is 0 Å². The van der Waals surface area contributed by atoms with Crippen LogP contribution >= 0.6 is 0 Å². The van der Waals surface area contributed by atoms with Crippen LogP contribution in [0.2, 0.25) is 0 Å². The van der Waals surface area contributed by atoms with Crippen LogP contribution in [-0.2, 0) is 5.41 Å². The first-order chi connectivity index (χ1) is 28.0. The molecule has 12 rings (SSSR count). The highest BCUT2D eigenvalue weighted by molar-refractivity contribution is 6.14. The van der Waals surface area contributed by atoms with E-state index in [9.17, 15) is 0 Å². The number of fused-ring (bicyclic) bond motifs is 10. The number of rotatable bonds is 4. The van der Waals surface area contributed by atoms with Crippen LogP contribution in [0, 0.1) is 0 Å². The van der Waals surface area contributed by atoms with Crippen molar-refractivity contribution in [1.29, 1.82) is 0 Å². The molecule has 0 spiro atoms. The fourth-order valence-electron chi connectivity index (χ4n) is 9.25. The minimum atomic E-state index is -0.107. The molecule has 0 fully saturated rings. The van der Waals surface area contributed by atoms with Gasteiger partial charge in [-0.1, -0.05) is 135 Å². The summed E-state index contributed by atoms with van der Waals surface area (Å²) in [5.41, 5.74) is 13.0. The van der Waals surface area contributed by atoms with Crippen LogP contribution in [0.15, 0.2) is 174 Å². The van der Waals surface area contributed by atoms with Gasteiger partial charge in [-0.3, -0.25) is 0 Å². The Morgan fingerprint density at radius 2 is 1.18 bits per heavy atom. The van der Waals surface area contributed by atoms with Crippen molar-refractivity contribution in [1.82, 2.24) is 19.5 Å². The van der Waals surface area contributed by atoms with E-state index in [2.05, 4.69) is 146 Å². The molecular weight excluding hydrogens is 697 g/mol. The van der Waals surface area contributed by atoms with Crippen LogP contribution in [0.4, 0.5) is 0 Å². The predicted octanol–water partition coefficient (Wildman–Crippen LogP) is 13.3. The molecule has 0 bridgehead atoms. The number of nitrogens with zero attached hydrogens (tertiary/aromatic N) is 4. The monoisotopic (exact) mass is 730 g/mol. The number of hydrogen-bond acceptors (Lipinski definition) is 4. The number of benzene rings is 8. The van der Waals surface area contributed by atoms with E-state index >= 15 is 0 Å². The highest BCUT2D eigenvalue weighted by Gasteiger charge is 2.36. The zero-order valence-corrected chi connectivity index (χ0v) is 31.4. The normalized spacial score (nSPS) is 13.2. The van der Waals surface area contributed by atoms with Gasteiger partial charge in [-0.05, 0) is 75.5 Å². The summed E-state index contributed by atoms with van der Waals surface area (Å²) in [6.45, 7) is 4.68. The fraction of sp³-hybridized carbons (Fsp3) is 0.0577. The van der Waals surface area contributed by atoms with Gasteiger partial charge < -0.3 is 8.98 Å². The van der Waals surface area contributed by atoms with Gasteiger partial charge in [0.05, 0.1) is 11.0 Å². The molecule has 1 aliphatic carbocycles. The number of aromatic nitrogens is 4. The van der Waals surface area contributed by atoms with Gasteiger partial charge in [-0.25, -0.2) is 15.0 Å². The first kappa shape index (κ1) is 31.9. The summed E-state index contributed by atoms with van der Waals surface area (Å²) < 4.78 is 9.11. The van der Waals surface area contributed by atoms with Gasteiger partial charge in [0.1, 0.15) is 11.2 Å². The maximum Gasteiger partial charge on any atom is 0.164 e. The van der Waals surface area contributed by atoms with E-state index in [-0.39, 0.29) is 5.41 Å². The molecule has 0 saturated carbocycles. The topological polar surface area (TPSA) is 56.7 Å². The number of para-hydroxylation sites is 1. The average Bonchev–Trinajstić information content (AvgIpc) is 3.87. The van der Waals surface area contributed by atoms with Crippen molar-refractivity contribution in [3.05, 3.63) is 181 Å². The molecule has 3 aromatic heterocycles. The molecule has 1 aliphatic rings. The third kappa shape index (κ3) is 4.72. The molecule has 5 heteroatoms. The largest absolute Gasteiger partial charge is 0.456 e. The lowest BCUT2D eigenvalue weighted by Crippen LogP contribution is -2.14. The minimum absolute atomic E-state index is 0.107. The maximum atomic E-state index is 6.72. The summed E-state index contributed by atoms with van der Waals surface area (Å²) in [4.78, 5) is 15.3. The van der Waals surface area contributed by atoms with Crippen LogP contribution in [0.5, 0.6) is 0 Å². The first-order valence-corrected chi connectivity index (χ1v) is 19.4. The SMILES string of the molecule is CC1(C)c2ccccc2-c2cc3c4ccccc4n(-c4ccc5c(c4)oc4cccc(-c6nc(-c7ccccc7)nc(-c7ccc8ccccc8c7)n6)c45)c3cc21. The smallest absolute Gasteiger partial charge is 0.164 e. The second kappa shape index (κ2) is 11.8. The van der Waals surface area contributed by atoms with Crippen LogP contribution < -0.4 is 0 Å². The van der Waals surface area contributed by atoms with Crippen molar-refractivity contribution in [2.45, 2.75) is 19.3 Å². The molecule has 0 N–H and O–H groups in total. The zero-order valence-electron chi connectivity index (χ0n) is 31.4. The molecular formula is C52H34N4O. The minimum Gasteiger partial charge on any atom is -0.456 e. The lowest BCUT2D eigenvalue weighted by molar-refractivity contribution is 0.661. The van der Waals surface area contributed by atoms with E-state index in [4.69, 9.17) is 19.4 Å². The van der Waals surface area contributed by atoms with Crippen LogP contribution in [-0.4, -0.2) is 19.5 Å². The molecule has 5 nitrogen and oxygen atoms in total. The summed E-state index contributed by atoms with van der Waals surface area (Å²) in [5.74, 6) is 1.85. The Kier molecular flexibility index (Phi) is 6.62. The van der Waals surface area contributed by atoms with Crippen molar-refractivity contribution in [2.24, 2.45) is 0 Å². The number of furan rings is 1.